The van der Waals surface area contributed by atoms with E-state index in [1.165, 1.54) is 18.2 Å². The highest BCUT2D eigenvalue weighted by Crippen LogP contribution is 2.25. The Morgan fingerprint density at radius 3 is 2.45 bits per heavy atom. The Morgan fingerprint density at radius 2 is 1.90 bits per heavy atom. The second kappa shape index (κ2) is 5.78. The predicted octanol–water partition coefficient (Wildman–Crippen LogP) is 3.17. The first-order chi connectivity index (χ1) is 9.31. The van der Waals surface area contributed by atoms with Crippen LogP contribution in [0.2, 0.25) is 0 Å². The van der Waals surface area contributed by atoms with Crippen molar-refractivity contribution in [2.75, 3.05) is 13.1 Å². The van der Waals surface area contributed by atoms with Crippen molar-refractivity contribution in [2.45, 2.75) is 45.8 Å². The number of piperazine rings is 1. The molecule has 2 rings (SSSR count). The number of hydrogen-bond acceptors (Lipinski definition) is 2. The lowest BCUT2D eigenvalue weighted by Crippen LogP contribution is -2.62. The highest BCUT2D eigenvalue weighted by Gasteiger charge is 2.35. The number of halogens is 2. The van der Waals surface area contributed by atoms with Crippen LogP contribution in [-0.2, 0) is 6.54 Å². The van der Waals surface area contributed by atoms with Gasteiger partial charge in [-0.05, 0) is 31.9 Å². The van der Waals surface area contributed by atoms with Gasteiger partial charge in [-0.1, -0.05) is 19.9 Å². The van der Waals surface area contributed by atoms with Gasteiger partial charge in [-0.15, -0.1) is 0 Å². The molecule has 0 radical (unpaired) electrons. The van der Waals surface area contributed by atoms with Crippen LogP contribution in [0.25, 0.3) is 0 Å². The van der Waals surface area contributed by atoms with E-state index in [2.05, 4.69) is 37.9 Å². The van der Waals surface area contributed by atoms with Crippen LogP contribution in [-0.4, -0.2) is 29.6 Å². The van der Waals surface area contributed by atoms with E-state index >= 15 is 0 Å². The molecule has 1 aromatic carbocycles. The third-order valence-electron chi connectivity index (χ3n) is 4.29. The summed E-state index contributed by atoms with van der Waals surface area (Å²) in [5, 5.41) is 3.52. The predicted molar refractivity (Wildman–Crippen MR) is 77.5 cm³/mol. The second-order valence-corrected chi connectivity index (χ2v) is 6.62. The molecule has 1 aliphatic rings. The molecule has 4 heteroatoms. The van der Waals surface area contributed by atoms with Crippen LogP contribution in [0.1, 0.15) is 33.3 Å². The van der Waals surface area contributed by atoms with Crippen molar-refractivity contribution in [2.24, 2.45) is 5.92 Å². The molecule has 20 heavy (non-hydrogen) atoms. The Balaban J connectivity index is 2.20. The fourth-order valence-electron chi connectivity index (χ4n) is 2.64. The molecular formula is C16H24F2N2. The first-order valence-corrected chi connectivity index (χ1v) is 7.22. The lowest BCUT2D eigenvalue weighted by atomic mass is 9.92. The quantitative estimate of drug-likeness (QED) is 0.916. The Bertz CT molecular complexity index is 451. The van der Waals surface area contributed by atoms with Crippen LogP contribution < -0.4 is 5.32 Å². The Labute approximate surface area is 120 Å². The van der Waals surface area contributed by atoms with Crippen LogP contribution in [0, 0.1) is 17.6 Å². The molecule has 0 aromatic heterocycles. The van der Waals surface area contributed by atoms with Gasteiger partial charge in [-0.2, -0.15) is 0 Å². The van der Waals surface area contributed by atoms with E-state index in [1.54, 1.807) is 0 Å². The van der Waals surface area contributed by atoms with Crippen molar-refractivity contribution < 1.29 is 8.78 Å². The summed E-state index contributed by atoms with van der Waals surface area (Å²) in [6, 6.07) is 4.42. The van der Waals surface area contributed by atoms with E-state index < -0.39 is 11.6 Å². The van der Waals surface area contributed by atoms with Crippen molar-refractivity contribution in [3.05, 3.63) is 35.4 Å². The van der Waals surface area contributed by atoms with Crippen LogP contribution in [0.15, 0.2) is 18.2 Å². The molecule has 112 valence electrons. The molecule has 2 nitrogen and oxygen atoms in total. The van der Waals surface area contributed by atoms with Gasteiger partial charge < -0.3 is 5.32 Å². The number of rotatable bonds is 3. The monoisotopic (exact) mass is 282 g/mol. The molecule has 0 saturated carbocycles. The minimum Gasteiger partial charge on any atom is -0.311 e. The maximum absolute atomic E-state index is 13.8. The lowest BCUT2D eigenvalue weighted by molar-refractivity contribution is 0.0456. The van der Waals surface area contributed by atoms with Gasteiger partial charge in [-0.3, -0.25) is 4.90 Å². The number of benzene rings is 1. The van der Waals surface area contributed by atoms with Gasteiger partial charge in [0.05, 0.1) is 0 Å². The number of hydrogen-bond donors (Lipinski definition) is 1. The molecule has 0 amide bonds. The number of nitrogens with zero attached hydrogens (tertiary/aromatic N) is 1. The molecule has 1 aromatic rings. The Kier molecular flexibility index (Phi) is 4.45. The van der Waals surface area contributed by atoms with Crippen molar-refractivity contribution >= 4 is 0 Å². The van der Waals surface area contributed by atoms with Gasteiger partial charge in [0.1, 0.15) is 11.6 Å². The third kappa shape index (κ3) is 3.18. The SMILES string of the molecule is CC(C)C1CN(Cc2c(F)cccc2F)C(C)(C)CN1. The molecule has 1 fully saturated rings. The highest BCUT2D eigenvalue weighted by molar-refractivity contribution is 5.20. The van der Waals surface area contributed by atoms with Crippen molar-refractivity contribution in [1.29, 1.82) is 0 Å². The van der Waals surface area contributed by atoms with E-state index in [9.17, 15) is 8.78 Å². The molecular weight excluding hydrogens is 258 g/mol. The summed E-state index contributed by atoms with van der Waals surface area (Å²) in [5.41, 5.74) is 0.0603. The molecule has 1 atom stereocenters. The summed E-state index contributed by atoms with van der Waals surface area (Å²) in [7, 11) is 0. The third-order valence-corrected chi connectivity index (χ3v) is 4.29. The average molecular weight is 282 g/mol. The maximum Gasteiger partial charge on any atom is 0.130 e. The first-order valence-electron chi connectivity index (χ1n) is 7.22. The summed E-state index contributed by atoms with van der Waals surface area (Å²) in [6.45, 7) is 10.5. The summed E-state index contributed by atoms with van der Waals surface area (Å²) >= 11 is 0. The fourth-order valence-corrected chi connectivity index (χ4v) is 2.64. The smallest absolute Gasteiger partial charge is 0.130 e. The van der Waals surface area contributed by atoms with Gasteiger partial charge in [-0.25, -0.2) is 8.78 Å². The van der Waals surface area contributed by atoms with Crippen LogP contribution in [0.4, 0.5) is 8.78 Å². The van der Waals surface area contributed by atoms with E-state index in [4.69, 9.17) is 0 Å². The largest absolute Gasteiger partial charge is 0.311 e. The van der Waals surface area contributed by atoms with Gasteiger partial charge in [0.25, 0.3) is 0 Å². The van der Waals surface area contributed by atoms with Gasteiger partial charge in [0.15, 0.2) is 0 Å². The first kappa shape index (κ1) is 15.4. The minimum atomic E-state index is -0.458. The molecule has 1 aliphatic heterocycles. The van der Waals surface area contributed by atoms with Crippen LogP contribution >= 0.6 is 0 Å². The van der Waals surface area contributed by atoms with E-state index in [0.717, 1.165) is 13.1 Å². The molecule has 1 saturated heterocycles. The standard InChI is InChI=1S/C16H24F2N2/c1-11(2)15-9-20(16(3,4)10-19-15)8-12-13(17)6-5-7-14(12)18/h5-7,11,15,19H,8-10H2,1-4H3. The van der Waals surface area contributed by atoms with Crippen molar-refractivity contribution in [3.63, 3.8) is 0 Å². The topological polar surface area (TPSA) is 15.3 Å². The maximum atomic E-state index is 13.8. The Morgan fingerprint density at radius 1 is 1.30 bits per heavy atom. The zero-order valence-corrected chi connectivity index (χ0v) is 12.7. The highest BCUT2D eigenvalue weighted by atomic mass is 19.1. The fraction of sp³-hybridized carbons (Fsp3) is 0.625. The minimum absolute atomic E-state index is 0.111. The van der Waals surface area contributed by atoms with Crippen LogP contribution in [0.3, 0.4) is 0 Å². The molecule has 1 unspecified atom stereocenters. The molecule has 0 bridgehead atoms. The lowest BCUT2D eigenvalue weighted by Gasteiger charge is -2.47. The second-order valence-electron chi connectivity index (χ2n) is 6.62. The molecule has 0 aliphatic carbocycles. The van der Waals surface area contributed by atoms with Crippen molar-refractivity contribution in [3.8, 4) is 0 Å². The van der Waals surface area contributed by atoms with E-state index in [0.29, 0.717) is 18.5 Å². The summed E-state index contributed by atoms with van der Waals surface area (Å²) in [6.07, 6.45) is 0. The average Bonchev–Trinajstić information content (AvgIpc) is 2.35. The van der Waals surface area contributed by atoms with Gasteiger partial charge in [0.2, 0.25) is 0 Å². The summed E-state index contributed by atoms with van der Waals surface area (Å²) < 4.78 is 27.7. The van der Waals surface area contributed by atoms with Gasteiger partial charge in [0, 0.05) is 36.8 Å². The van der Waals surface area contributed by atoms with E-state index in [-0.39, 0.29) is 11.1 Å². The van der Waals surface area contributed by atoms with Crippen molar-refractivity contribution in [1.82, 2.24) is 10.2 Å². The zero-order chi connectivity index (χ0) is 14.9. The molecule has 0 spiro atoms. The summed E-state index contributed by atoms with van der Waals surface area (Å²) in [5.74, 6) is -0.417. The van der Waals surface area contributed by atoms with E-state index in [1.807, 2.05) is 0 Å². The molecule has 1 heterocycles. The normalized spacial score (nSPS) is 23.2. The Hall–Kier alpha value is -1.00. The number of nitrogens with one attached hydrogen (secondary N) is 1. The zero-order valence-electron chi connectivity index (χ0n) is 12.7. The van der Waals surface area contributed by atoms with Crippen LogP contribution in [0.5, 0.6) is 0 Å². The van der Waals surface area contributed by atoms with Gasteiger partial charge >= 0.3 is 0 Å². The molecule has 1 N–H and O–H groups in total. The summed E-state index contributed by atoms with van der Waals surface area (Å²) in [4.78, 5) is 2.18.